The van der Waals surface area contributed by atoms with E-state index in [1.165, 1.54) is 0 Å². The zero-order valence-electron chi connectivity index (χ0n) is 10.8. The first-order valence-electron chi connectivity index (χ1n) is 6.35. The van der Waals surface area contributed by atoms with Crippen LogP contribution in [0.25, 0.3) is 0 Å². The number of methoxy groups -OCH3 is 1. The van der Waals surface area contributed by atoms with Gasteiger partial charge in [-0.15, -0.1) is 0 Å². The summed E-state index contributed by atoms with van der Waals surface area (Å²) in [5, 5.41) is 0. The Kier molecular flexibility index (Phi) is 2.74. The molecule has 2 saturated heterocycles. The molecule has 0 spiro atoms. The van der Waals surface area contributed by atoms with Gasteiger partial charge in [-0.1, -0.05) is 12.1 Å². The highest BCUT2D eigenvalue weighted by atomic mass is 16.5. The maximum atomic E-state index is 12.6. The minimum Gasteiger partial charge on any atom is -0.496 e. The number of carbonyl (C=O) groups excluding carboxylic acids is 1. The molecule has 18 heavy (non-hydrogen) atoms. The molecule has 0 aliphatic carbocycles. The fourth-order valence-electron chi connectivity index (χ4n) is 3.09. The molecular formula is C14H18N2O2. The maximum absolute atomic E-state index is 12.6. The molecule has 2 aliphatic heterocycles. The van der Waals surface area contributed by atoms with Gasteiger partial charge in [0, 0.05) is 25.2 Å². The van der Waals surface area contributed by atoms with Crippen molar-refractivity contribution in [1.29, 1.82) is 0 Å². The number of benzene rings is 1. The average Bonchev–Trinajstić information content (AvgIpc) is 2.96. The van der Waals surface area contributed by atoms with Gasteiger partial charge in [-0.25, -0.2) is 0 Å². The van der Waals surface area contributed by atoms with Crippen LogP contribution in [0.3, 0.4) is 0 Å². The number of para-hydroxylation sites is 1. The Morgan fingerprint density at radius 3 is 2.67 bits per heavy atom. The summed E-state index contributed by atoms with van der Waals surface area (Å²) in [6, 6.07) is 8.37. The molecule has 2 fully saturated rings. The van der Waals surface area contributed by atoms with Gasteiger partial charge in [0.15, 0.2) is 0 Å². The fourth-order valence-corrected chi connectivity index (χ4v) is 3.09. The summed E-state index contributed by atoms with van der Waals surface area (Å²) in [5.74, 6) is 0.770. The highest BCUT2D eigenvalue weighted by Gasteiger charge is 2.44. The first-order valence-corrected chi connectivity index (χ1v) is 6.35. The Morgan fingerprint density at radius 2 is 2.06 bits per heavy atom. The normalized spacial score (nSPS) is 26.7. The second-order valence-corrected chi connectivity index (χ2v) is 5.14. The van der Waals surface area contributed by atoms with E-state index in [4.69, 9.17) is 4.74 Å². The van der Waals surface area contributed by atoms with Crippen molar-refractivity contribution in [3.8, 4) is 5.75 Å². The molecule has 4 nitrogen and oxygen atoms in total. The van der Waals surface area contributed by atoms with Gasteiger partial charge in [0.25, 0.3) is 5.91 Å². The van der Waals surface area contributed by atoms with Gasteiger partial charge in [0.05, 0.1) is 12.7 Å². The van der Waals surface area contributed by atoms with Crippen molar-refractivity contribution in [3.05, 3.63) is 29.8 Å². The number of fused-ring (bicyclic) bond motifs is 2. The fraction of sp³-hybridized carbons (Fsp3) is 0.500. The standard InChI is InChI=1S/C14H18N2O2/c1-15-8-11-7-10(15)9-16(11)14(17)12-5-3-4-6-13(12)18-2/h3-6,10-11H,7-9H2,1-2H3/t10-,11-/m1/s1. The molecule has 0 radical (unpaired) electrons. The number of amides is 1. The number of rotatable bonds is 2. The van der Waals surface area contributed by atoms with Crippen molar-refractivity contribution < 1.29 is 9.53 Å². The molecule has 4 heteroatoms. The predicted octanol–water partition coefficient (Wildman–Crippen LogP) is 1.22. The highest BCUT2D eigenvalue weighted by molar-refractivity contribution is 5.97. The summed E-state index contributed by atoms with van der Waals surface area (Å²) in [7, 11) is 3.74. The molecule has 96 valence electrons. The summed E-state index contributed by atoms with van der Waals surface area (Å²) in [6.45, 7) is 1.84. The van der Waals surface area contributed by atoms with E-state index >= 15 is 0 Å². The van der Waals surface area contributed by atoms with Crippen LogP contribution >= 0.6 is 0 Å². The lowest BCUT2D eigenvalue weighted by Gasteiger charge is -2.32. The van der Waals surface area contributed by atoms with E-state index in [1.54, 1.807) is 7.11 Å². The summed E-state index contributed by atoms with van der Waals surface area (Å²) >= 11 is 0. The minimum atomic E-state index is 0.105. The van der Waals surface area contributed by atoms with Crippen LogP contribution in [0.4, 0.5) is 0 Å². The zero-order valence-corrected chi connectivity index (χ0v) is 10.8. The topological polar surface area (TPSA) is 32.8 Å². The molecule has 3 rings (SSSR count). The molecule has 0 unspecified atom stereocenters. The van der Waals surface area contributed by atoms with Crippen LogP contribution in [-0.2, 0) is 0 Å². The van der Waals surface area contributed by atoms with Crippen molar-refractivity contribution in [2.24, 2.45) is 0 Å². The number of nitrogens with zero attached hydrogens (tertiary/aromatic N) is 2. The van der Waals surface area contributed by atoms with Crippen molar-refractivity contribution >= 4 is 5.91 Å². The molecule has 0 aromatic heterocycles. The van der Waals surface area contributed by atoms with Crippen LogP contribution in [0.1, 0.15) is 16.8 Å². The number of hydrogen-bond donors (Lipinski definition) is 0. The van der Waals surface area contributed by atoms with Gasteiger partial charge >= 0.3 is 0 Å². The third-order valence-corrected chi connectivity index (χ3v) is 4.11. The van der Waals surface area contributed by atoms with Crippen molar-refractivity contribution in [3.63, 3.8) is 0 Å². The van der Waals surface area contributed by atoms with Gasteiger partial charge < -0.3 is 9.64 Å². The molecular weight excluding hydrogens is 228 g/mol. The lowest BCUT2D eigenvalue weighted by Crippen LogP contribution is -2.47. The van der Waals surface area contributed by atoms with Gasteiger partial charge in [-0.05, 0) is 25.6 Å². The van der Waals surface area contributed by atoms with Crippen LogP contribution < -0.4 is 4.74 Å². The first kappa shape index (κ1) is 11.5. The quantitative estimate of drug-likeness (QED) is 0.786. The second kappa shape index (κ2) is 4.28. The number of hydrogen-bond acceptors (Lipinski definition) is 3. The molecule has 2 atom stereocenters. The molecule has 2 bridgehead atoms. The summed E-state index contributed by atoms with van der Waals surface area (Å²) in [6.07, 6.45) is 1.11. The predicted molar refractivity (Wildman–Crippen MR) is 68.9 cm³/mol. The van der Waals surface area contributed by atoms with Crippen molar-refractivity contribution in [2.75, 3.05) is 27.2 Å². The zero-order chi connectivity index (χ0) is 12.7. The Balaban J connectivity index is 1.84. The van der Waals surface area contributed by atoms with E-state index in [1.807, 2.05) is 29.2 Å². The van der Waals surface area contributed by atoms with Crippen LogP contribution in [-0.4, -0.2) is 55.0 Å². The number of likely N-dealkylation sites (tertiary alicyclic amines) is 2. The van der Waals surface area contributed by atoms with E-state index in [2.05, 4.69) is 11.9 Å². The van der Waals surface area contributed by atoms with Gasteiger partial charge in [0.1, 0.15) is 5.75 Å². The number of piperazine rings is 1. The molecule has 1 aromatic rings. The lowest BCUT2D eigenvalue weighted by atomic mass is 10.1. The van der Waals surface area contributed by atoms with Gasteiger partial charge in [-0.2, -0.15) is 0 Å². The summed E-state index contributed by atoms with van der Waals surface area (Å²) in [4.78, 5) is 16.9. The largest absolute Gasteiger partial charge is 0.496 e. The summed E-state index contributed by atoms with van der Waals surface area (Å²) in [5.41, 5.74) is 0.676. The molecule has 1 amide bonds. The second-order valence-electron chi connectivity index (χ2n) is 5.14. The Morgan fingerprint density at radius 1 is 1.28 bits per heavy atom. The van der Waals surface area contributed by atoms with Crippen molar-refractivity contribution in [2.45, 2.75) is 18.5 Å². The van der Waals surface area contributed by atoms with Gasteiger partial charge in [0.2, 0.25) is 0 Å². The smallest absolute Gasteiger partial charge is 0.257 e. The van der Waals surface area contributed by atoms with E-state index in [9.17, 15) is 4.79 Å². The monoisotopic (exact) mass is 246 g/mol. The Hall–Kier alpha value is -1.55. The Labute approximate surface area is 107 Å². The van der Waals surface area contributed by atoms with E-state index in [0.717, 1.165) is 19.5 Å². The highest BCUT2D eigenvalue weighted by Crippen LogP contribution is 2.31. The third-order valence-electron chi connectivity index (χ3n) is 4.11. The van der Waals surface area contributed by atoms with Crippen molar-refractivity contribution in [1.82, 2.24) is 9.80 Å². The number of carbonyl (C=O) groups is 1. The van der Waals surface area contributed by atoms with Crippen LogP contribution in [0.5, 0.6) is 5.75 Å². The molecule has 0 saturated carbocycles. The van der Waals surface area contributed by atoms with Gasteiger partial charge in [-0.3, -0.25) is 9.69 Å². The first-order chi connectivity index (χ1) is 8.70. The molecule has 1 aromatic carbocycles. The SMILES string of the molecule is COc1ccccc1C(=O)N1C[C@H]2C[C@@H]1CN2C. The average molecular weight is 246 g/mol. The maximum Gasteiger partial charge on any atom is 0.257 e. The number of likely N-dealkylation sites (N-methyl/N-ethyl adjacent to an activating group) is 1. The lowest BCUT2D eigenvalue weighted by molar-refractivity contribution is 0.0647. The number of ether oxygens (including phenoxy) is 1. The van der Waals surface area contributed by atoms with Crippen LogP contribution in [0.15, 0.2) is 24.3 Å². The molecule has 2 aliphatic rings. The minimum absolute atomic E-state index is 0.105. The van der Waals surface area contributed by atoms with E-state index in [-0.39, 0.29) is 5.91 Å². The Bertz CT molecular complexity index is 473. The molecule has 0 N–H and O–H groups in total. The van der Waals surface area contributed by atoms with Crippen LogP contribution in [0, 0.1) is 0 Å². The van der Waals surface area contributed by atoms with E-state index < -0.39 is 0 Å². The summed E-state index contributed by atoms with van der Waals surface area (Å²) < 4.78 is 5.27. The van der Waals surface area contributed by atoms with E-state index in [0.29, 0.717) is 23.4 Å². The van der Waals surface area contributed by atoms with Crippen LogP contribution in [0.2, 0.25) is 0 Å². The molecule has 2 heterocycles. The third kappa shape index (κ3) is 1.68.